The fourth-order valence-corrected chi connectivity index (χ4v) is 4.75. The molecule has 2 heterocycles. The van der Waals surface area contributed by atoms with Crippen LogP contribution >= 0.6 is 11.3 Å². The van der Waals surface area contributed by atoms with Gasteiger partial charge in [-0.25, -0.2) is 9.78 Å². The van der Waals surface area contributed by atoms with Gasteiger partial charge in [-0.15, -0.1) is 11.3 Å². The molecule has 4 aromatic rings. The molecule has 4 rings (SSSR count). The lowest BCUT2D eigenvalue weighted by molar-refractivity contribution is -0.142. The number of hydrogen-bond donors (Lipinski definition) is 5. The van der Waals surface area contributed by atoms with E-state index in [9.17, 15) is 24.3 Å². The van der Waals surface area contributed by atoms with Crippen LogP contribution in [0.4, 0.5) is 0 Å². The van der Waals surface area contributed by atoms with Gasteiger partial charge in [0.2, 0.25) is 0 Å². The van der Waals surface area contributed by atoms with Crippen LogP contribution in [0.5, 0.6) is 5.75 Å². The molecule has 0 fully saturated rings. The Morgan fingerprint density at radius 1 is 1.05 bits per heavy atom. The quantitative estimate of drug-likeness (QED) is 0.205. The number of imidazole rings is 1. The average molecular weight is 536 g/mol. The molecule has 0 radical (unpaired) electrons. The molecule has 38 heavy (non-hydrogen) atoms. The first-order chi connectivity index (χ1) is 18.3. The average Bonchev–Trinajstić information content (AvgIpc) is 3.55. The molecule has 5 N–H and O–H groups in total. The van der Waals surface area contributed by atoms with Crippen molar-refractivity contribution in [3.05, 3.63) is 81.3 Å². The number of aromatic nitrogens is 2. The van der Waals surface area contributed by atoms with E-state index in [4.69, 9.17) is 4.74 Å². The third kappa shape index (κ3) is 5.98. The summed E-state index contributed by atoms with van der Waals surface area (Å²) in [4.78, 5) is 58.4. The van der Waals surface area contributed by atoms with Crippen molar-refractivity contribution in [3.8, 4) is 5.75 Å². The summed E-state index contributed by atoms with van der Waals surface area (Å²) < 4.78 is 4.80. The molecule has 196 valence electrons. The number of H-pyrrole nitrogens is 1. The Morgan fingerprint density at radius 3 is 2.61 bits per heavy atom. The highest BCUT2D eigenvalue weighted by Gasteiger charge is 2.26. The third-order valence-corrected chi connectivity index (χ3v) is 6.90. The molecule has 2 aromatic carbocycles. The molecule has 0 saturated carbocycles. The first-order valence-electron chi connectivity index (χ1n) is 11.5. The van der Waals surface area contributed by atoms with Crippen LogP contribution in [0, 0.1) is 6.92 Å². The number of methoxy groups -OCH3 is 1. The highest BCUT2D eigenvalue weighted by atomic mass is 32.1. The number of hydrogen-bond acceptors (Lipinski definition) is 8. The van der Waals surface area contributed by atoms with Gasteiger partial charge in [0.05, 0.1) is 34.3 Å². The van der Waals surface area contributed by atoms with Crippen molar-refractivity contribution in [2.45, 2.75) is 19.5 Å². The standard InChI is InChI=1S/C26H25N5O6S/c1-14-9-20(24(34)27-11-15-5-3-6-16(32)10-15)38-22(14)25(35)31-19(26(36)37-2)12-28-23(33)17-7-4-8-18-21(17)30-13-29-18/h3-10,13,19,32H,11-12H2,1-2H3,(H,27,34)(H,28,33)(H,29,30)(H,31,35). The van der Waals surface area contributed by atoms with Gasteiger partial charge in [-0.1, -0.05) is 18.2 Å². The number of thiophene rings is 1. The maximum Gasteiger partial charge on any atom is 0.330 e. The summed E-state index contributed by atoms with van der Waals surface area (Å²) in [5.74, 6) is -2.08. The molecular weight excluding hydrogens is 510 g/mol. The molecular formula is C26H25N5O6S. The number of nitrogens with zero attached hydrogens (tertiary/aromatic N) is 1. The third-order valence-electron chi connectivity index (χ3n) is 5.66. The van der Waals surface area contributed by atoms with Crippen molar-refractivity contribution in [1.29, 1.82) is 0 Å². The van der Waals surface area contributed by atoms with E-state index in [-0.39, 0.29) is 29.6 Å². The summed E-state index contributed by atoms with van der Waals surface area (Å²) in [6.45, 7) is 1.65. The number of carbonyl (C=O) groups excluding carboxylic acids is 4. The molecule has 1 atom stereocenters. The van der Waals surface area contributed by atoms with Crippen molar-refractivity contribution in [1.82, 2.24) is 25.9 Å². The lowest BCUT2D eigenvalue weighted by Crippen LogP contribution is -2.49. The minimum absolute atomic E-state index is 0.0946. The number of rotatable bonds is 9. The van der Waals surface area contributed by atoms with Gasteiger partial charge in [0.25, 0.3) is 17.7 Å². The second-order valence-electron chi connectivity index (χ2n) is 8.34. The molecule has 0 saturated heterocycles. The number of carbonyl (C=O) groups is 4. The van der Waals surface area contributed by atoms with E-state index in [2.05, 4.69) is 25.9 Å². The van der Waals surface area contributed by atoms with Crippen LogP contribution in [-0.4, -0.2) is 58.5 Å². The van der Waals surface area contributed by atoms with Crippen molar-refractivity contribution in [2.75, 3.05) is 13.7 Å². The molecule has 12 heteroatoms. The van der Waals surface area contributed by atoms with Crippen molar-refractivity contribution >= 4 is 46.1 Å². The molecule has 0 aliphatic rings. The maximum absolute atomic E-state index is 13.0. The number of nitrogens with one attached hydrogen (secondary N) is 4. The fraction of sp³-hybridized carbons (Fsp3) is 0.192. The Balaban J connectivity index is 1.40. The van der Waals surface area contributed by atoms with Crippen LogP contribution in [0.15, 0.2) is 54.9 Å². The van der Waals surface area contributed by atoms with Gasteiger partial charge in [0.15, 0.2) is 0 Å². The summed E-state index contributed by atoms with van der Waals surface area (Å²) in [6, 6.07) is 12.0. The van der Waals surface area contributed by atoms with Crippen molar-refractivity contribution < 1.29 is 29.0 Å². The summed E-state index contributed by atoms with van der Waals surface area (Å²) in [7, 11) is 1.18. The molecule has 0 aliphatic carbocycles. The maximum atomic E-state index is 13.0. The van der Waals surface area contributed by atoms with Crippen LogP contribution in [0.2, 0.25) is 0 Å². The monoisotopic (exact) mass is 535 g/mol. The minimum Gasteiger partial charge on any atom is -0.508 e. The zero-order chi connectivity index (χ0) is 27.2. The number of phenolic OH excluding ortho intramolecular Hbond substituents is 1. The zero-order valence-electron chi connectivity index (χ0n) is 20.5. The van der Waals surface area contributed by atoms with Crippen LogP contribution < -0.4 is 16.0 Å². The molecule has 2 aromatic heterocycles. The minimum atomic E-state index is -1.17. The number of ether oxygens (including phenoxy) is 1. The highest BCUT2D eigenvalue weighted by Crippen LogP contribution is 2.22. The van der Waals surface area contributed by atoms with Gasteiger partial charge < -0.3 is 30.8 Å². The predicted molar refractivity (Wildman–Crippen MR) is 140 cm³/mol. The molecule has 0 aliphatic heterocycles. The van der Waals surface area contributed by atoms with E-state index in [1.165, 1.54) is 19.5 Å². The van der Waals surface area contributed by atoms with Gasteiger partial charge in [0.1, 0.15) is 17.3 Å². The summed E-state index contributed by atoms with van der Waals surface area (Å²) in [5.41, 5.74) is 2.75. The molecule has 11 nitrogen and oxygen atoms in total. The van der Waals surface area contributed by atoms with Gasteiger partial charge >= 0.3 is 5.97 Å². The topological polar surface area (TPSA) is 163 Å². The van der Waals surface area contributed by atoms with E-state index < -0.39 is 23.8 Å². The Kier molecular flexibility index (Phi) is 8.02. The molecule has 0 spiro atoms. The van der Waals surface area contributed by atoms with Crippen LogP contribution in [-0.2, 0) is 16.1 Å². The van der Waals surface area contributed by atoms with Gasteiger partial charge in [-0.2, -0.15) is 0 Å². The lowest BCUT2D eigenvalue weighted by atomic mass is 10.1. The number of amides is 3. The fourth-order valence-electron chi connectivity index (χ4n) is 3.75. The highest BCUT2D eigenvalue weighted by molar-refractivity contribution is 7.16. The van der Waals surface area contributed by atoms with Gasteiger partial charge in [-0.3, -0.25) is 14.4 Å². The van der Waals surface area contributed by atoms with Gasteiger partial charge in [0, 0.05) is 13.1 Å². The number of aryl methyl sites for hydroxylation is 1. The Morgan fingerprint density at radius 2 is 1.84 bits per heavy atom. The van der Waals surface area contributed by atoms with E-state index in [0.29, 0.717) is 27.0 Å². The van der Waals surface area contributed by atoms with Crippen LogP contribution in [0.1, 0.15) is 40.8 Å². The van der Waals surface area contributed by atoms with Crippen molar-refractivity contribution in [2.24, 2.45) is 0 Å². The lowest BCUT2D eigenvalue weighted by Gasteiger charge is -2.17. The first kappa shape index (κ1) is 26.4. The largest absolute Gasteiger partial charge is 0.508 e. The number of esters is 1. The van der Waals surface area contributed by atoms with E-state index >= 15 is 0 Å². The van der Waals surface area contributed by atoms with E-state index in [1.807, 2.05) is 0 Å². The number of aromatic hydroxyl groups is 1. The smallest absolute Gasteiger partial charge is 0.330 e. The number of para-hydroxylation sites is 1. The van der Waals surface area contributed by atoms with E-state index in [1.54, 1.807) is 49.4 Å². The first-order valence-corrected chi connectivity index (χ1v) is 12.3. The summed E-state index contributed by atoms with van der Waals surface area (Å²) in [5, 5.41) is 17.5. The number of benzene rings is 2. The van der Waals surface area contributed by atoms with Gasteiger partial charge in [-0.05, 0) is 48.4 Å². The number of fused-ring (bicyclic) bond motifs is 1. The van der Waals surface area contributed by atoms with Crippen molar-refractivity contribution in [3.63, 3.8) is 0 Å². The van der Waals surface area contributed by atoms with Crippen LogP contribution in [0.25, 0.3) is 11.0 Å². The Bertz CT molecular complexity index is 1510. The second kappa shape index (κ2) is 11.6. The normalized spacial score (nSPS) is 11.5. The SMILES string of the molecule is COC(=O)C(CNC(=O)c1cccc2[nH]cnc12)NC(=O)c1sc(C(=O)NCc2cccc(O)c2)cc1C. The summed E-state index contributed by atoms with van der Waals surface area (Å²) >= 11 is 0.974. The van der Waals surface area contributed by atoms with Crippen LogP contribution in [0.3, 0.4) is 0 Å². The molecule has 1 unspecified atom stereocenters. The Labute approximate surface area is 221 Å². The Hall–Kier alpha value is -4.71. The predicted octanol–water partition coefficient (Wildman–Crippen LogP) is 2.27. The van der Waals surface area contributed by atoms with E-state index in [0.717, 1.165) is 16.9 Å². The summed E-state index contributed by atoms with van der Waals surface area (Å²) in [6.07, 6.45) is 1.48. The molecule has 0 bridgehead atoms. The molecule has 3 amide bonds. The zero-order valence-corrected chi connectivity index (χ0v) is 21.3. The second-order valence-corrected chi connectivity index (χ2v) is 9.39. The number of aromatic amines is 1. The number of phenols is 1.